The van der Waals surface area contributed by atoms with Gasteiger partial charge in [-0.1, -0.05) is 17.7 Å². The highest BCUT2D eigenvalue weighted by molar-refractivity contribution is 7.90. The number of aromatic nitrogens is 2. The fourth-order valence-corrected chi connectivity index (χ4v) is 4.77. The van der Waals surface area contributed by atoms with Gasteiger partial charge in [0.1, 0.15) is 5.78 Å². The van der Waals surface area contributed by atoms with E-state index in [-0.39, 0.29) is 27.5 Å². The van der Waals surface area contributed by atoms with Crippen LogP contribution in [0.1, 0.15) is 37.2 Å². The monoisotopic (exact) mass is 421 g/mol. The number of carbonyl (C=O) groups is 2. The molecule has 7 nitrogen and oxygen atoms in total. The van der Waals surface area contributed by atoms with Crippen molar-refractivity contribution < 1.29 is 18.0 Å². The third-order valence-corrected chi connectivity index (χ3v) is 6.39. The maximum Gasteiger partial charge on any atom is 0.233 e. The molecule has 148 valence electrons. The first-order valence-electron chi connectivity index (χ1n) is 8.82. The summed E-state index contributed by atoms with van der Waals surface area (Å²) in [7, 11) is -3.47. The van der Waals surface area contributed by atoms with Gasteiger partial charge in [0.25, 0.3) is 0 Å². The molecular weight excluding hydrogens is 402 g/mol. The van der Waals surface area contributed by atoms with E-state index in [2.05, 4.69) is 15.3 Å². The van der Waals surface area contributed by atoms with E-state index in [1.54, 1.807) is 6.07 Å². The van der Waals surface area contributed by atoms with Gasteiger partial charge < -0.3 is 5.32 Å². The number of anilines is 1. The summed E-state index contributed by atoms with van der Waals surface area (Å²) >= 11 is 6.18. The van der Waals surface area contributed by atoms with Crippen molar-refractivity contribution in [2.75, 3.05) is 11.6 Å². The van der Waals surface area contributed by atoms with Crippen molar-refractivity contribution in [3.63, 3.8) is 0 Å². The molecule has 0 aliphatic heterocycles. The summed E-state index contributed by atoms with van der Waals surface area (Å²) in [5.74, 6) is -0.284. The van der Waals surface area contributed by atoms with E-state index in [0.29, 0.717) is 30.6 Å². The summed E-state index contributed by atoms with van der Waals surface area (Å²) in [6.07, 6.45) is 7.67. The lowest BCUT2D eigenvalue weighted by molar-refractivity contribution is -0.119. The number of nitrogens with one attached hydrogen (secondary N) is 1. The summed E-state index contributed by atoms with van der Waals surface area (Å²) in [4.78, 5) is 32.6. The highest BCUT2D eigenvalue weighted by atomic mass is 35.5. The Balaban J connectivity index is 1.90. The quantitative estimate of drug-likeness (QED) is 0.768. The van der Waals surface area contributed by atoms with Crippen LogP contribution in [0.25, 0.3) is 0 Å². The summed E-state index contributed by atoms with van der Waals surface area (Å²) in [5.41, 5.74) is 0.595. The average molecular weight is 422 g/mol. The number of hydrogen-bond donors (Lipinski definition) is 1. The number of halogens is 1. The summed E-state index contributed by atoms with van der Waals surface area (Å²) < 4.78 is 23.6. The molecule has 1 aromatic carbocycles. The third-order valence-electron chi connectivity index (χ3n) is 4.81. The maximum absolute atomic E-state index is 13.0. The molecule has 3 rings (SSSR count). The Morgan fingerprint density at radius 3 is 2.71 bits per heavy atom. The first-order valence-corrected chi connectivity index (χ1v) is 11.1. The van der Waals surface area contributed by atoms with E-state index in [1.807, 2.05) is 0 Å². The van der Waals surface area contributed by atoms with E-state index >= 15 is 0 Å². The van der Waals surface area contributed by atoms with E-state index in [4.69, 9.17) is 11.6 Å². The molecule has 1 heterocycles. The van der Waals surface area contributed by atoms with Crippen LogP contribution in [-0.4, -0.2) is 36.3 Å². The van der Waals surface area contributed by atoms with Gasteiger partial charge in [-0.05, 0) is 36.5 Å². The Morgan fingerprint density at radius 2 is 2.14 bits per heavy atom. The van der Waals surface area contributed by atoms with Gasteiger partial charge in [0.05, 0.1) is 22.0 Å². The summed E-state index contributed by atoms with van der Waals surface area (Å²) in [6, 6.07) is 4.52. The second kappa shape index (κ2) is 8.36. The standard InChI is InChI=1S/C19H20ClN3O4S/c1-28(26,27)17-5-3-13(10-16(17)20)15(9-12-2-4-14(24)8-12)19(25)23-18-11-21-6-7-22-18/h3,5-7,10-12,15H,2,4,8-9H2,1H3,(H,22,23,25)/t12-,15-/m1/s1. The van der Waals surface area contributed by atoms with Gasteiger partial charge in [0, 0.05) is 31.5 Å². The van der Waals surface area contributed by atoms with Crippen LogP contribution in [0, 0.1) is 5.92 Å². The Bertz CT molecular complexity index is 995. The molecule has 1 aliphatic rings. The number of Topliss-reactive ketones (excluding diaryl/α,β-unsaturated/α-hetero) is 1. The number of benzene rings is 1. The molecule has 1 aromatic heterocycles. The highest BCUT2D eigenvalue weighted by Crippen LogP contribution is 2.35. The zero-order chi connectivity index (χ0) is 20.3. The zero-order valence-corrected chi connectivity index (χ0v) is 16.8. The fraction of sp³-hybridized carbons (Fsp3) is 0.368. The molecule has 1 aliphatic carbocycles. The lowest BCUT2D eigenvalue weighted by Gasteiger charge is -2.20. The summed E-state index contributed by atoms with van der Waals surface area (Å²) in [5, 5.41) is 2.80. The fourth-order valence-electron chi connectivity index (χ4n) is 3.43. The minimum atomic E-state index is -3.47. The van der Waals surface area contributed by atoms with Crippen molar-refractivity contribution in [1.82, 2.24) is 9.97 Å². The van der Waals surface area contributed by atoms with Gasteiger partial charge in [-0.25, -0.2) is 13.4 Å². The van der Waals surface area contributed by atoms with Crippen molar-refractivity contribution >= 4 is 38.9 Å². The van der Waals surface area contributed by atoms with E-state index in [1.165, 1.54) is 30.7 Å². The van der Waals surface area contributed by atoms with Crippen LogP contribution in [0.15, 0.2) is 41.7 Å². The second-order valence-corrected chi connectivity index (χ2v) is 9.37. The van der Waals surface area contributed by atoms with Gasteiger partial charge in [-0.2, -0.15) is 0 Å². The van der Waals surface area contributed by atoms with Crippen molar-refractivity contribution in [2.24, 2.45) is 5.92 Å². The molecule has 1 fully saturated rings. The molecular formula is C19H20ClN3O4S. The second-order valence-electron chi connectivity index (χ2n) is 6.98. The first-order chi connectivity index (χ1) is 13.2. The normalized spacial score (nSPS) is 18.1. The molecule has 1 amide bonds. The molecule has 9 heteroatoms. The molecule has 0 radical (unpaired) electrons. The topological polar surface area (TPSA) is 106 Å². The number of rotatable bonds is 6. The zero-order valence-electron chi connectivity index (χ0n) is 15.3. The number of carbonyl (C=O) groups excluding carboxylic acids is 2. The predicted octanol–water partition coefficient (Wildman–Crippen LogP) is 3.02. The van der Waals surface area contributed by atoms with Crippen LogP contribution in [0.3, 0.4) is 0 Å². The Hall–Kier alpha value is -2.32. The molecule has 2 aromatic rings. The maximum atomic E-state index is 13.0. The molecule has 0 unspecified atom stereocenters. The van der Waals surface area contributed by atoms with Crippen LogP contribution >= 0.6 is 11.6 Å². The average Bonchev–Trinajstić information content (AvgIpc) is 3.04. The third kappa shape index (κ3) is 4.94. The van der Waals surface area contributed by atoms with E-state index < -0.39 is 15.8 Å². The molecule has 0 saturated heterocycles. The van der Waals surface area contributed by atoms with Crippen LogP contribution in [-0.2, 0) is 19.4 Å². The Kier molecular flexibility index (Phi) is 6.10. The molecule has 1 saturated carbocycles. The number of nitrogens with zero attached hydrogens (tertiary/aromatic N) is 2. The van der Waals surface area contributed by atoms with Crippen molar-refractivity contribution in [3.8, 4) is 0 Å². The van der Waals surface area contributed by atoms with Gasteiger partial charge >= 0.3 is 0 Å². The van der Waals surface area contributed by atoms with Gasteiger partial charge in [-0.15, -0.1) is 0 Å². The lowest BCUT2D eigenvalue weighted by atomic mass is 9.87. The molecule has 0 bridgehead atoms. The molecule has 1 N–H and O–H groups in total. The predicted molar refractivity (Wildman–Crippen MR) is 105 cm³/mol. The number of ketones is 1. The molecule has 28 heavy (non-hydrogen) atoms. The number of sulfone groups is 1. The smallest absolute Gasteiger partial charge is 0.233 e. The van der Waals surface area contributed by atoms with Gasteiger partial charge in [0.2, 0.25) is 5.91 Å². The minimum Gasteiger partial charge on any atom is -0.309 e. The lowest BCUT2D eigenvalue weighted by Crippen LogP contribution is -2.24. The van der Waals surface area contributed by atoms with Crippen LogP contribution in [0.5, 0.6) is 0 Å². The minimum absolute atomic E-state index is 0.0158. The largest absolute Gasteiger partial charge is 0.309 e. The Morgan fingerprint density at radius 1 is 1.36 bits per heavy atom. The van der Waals surface area contributed by atoms with E-state index in [9.17, 15) is 18.0 Å². The van der Waals surface area contributed by atoms with Gasteiger partial charge in [0.15, 0.2) is 15.7 Å². The Labute approximate surface area is 168 Å². The van der Waals surface area contributed by atoms with Gasteiger partial charge in [-0.3, -0.25) is 14.6 Å². The van der Waals surface area contributed by atoms with E-state index in [0.717, 1.165) is 12.7 Å². The molecule has 2 atom stereocenters. The molecule has 0 spiro atoms. The van der Waals surface area contributed by atoms with Crippen LogP contribution in [0.4, 0.5) is 5.82 Å². The first kappa shape index (κ1) is 20.4. The highest BCUT2D eigenvalue weighted by Gasteiger charge is 2.30. The van der Waals surface area contributed by atoms with Crippen molar-refractivity contribution in [3.05, 3.63) is 47.4 Å². The van der Waals surface area contributed by atoms with Crippen LogP contribution in [0.2, 0.25) is 5.02 Å². The number of amides is 1. The van der Waals surface area contributed by atoms with Crippen LogP contribution < -0.4 is 5.32 Å². The van der Waals surface area contributed by atoms with Crippen molar-refractivity contribution in [1.29, 1.82) is 0 Å². The van der Waals surface area contributed by atoms with Crippen molar-refractivity contribution in [2.45, 2.75) is 36.5 Å². The number of hydrogen-bond acceptors (Lipinski definition) is 6. The SMILES string of the molecule is CS(=O)(=O)c1ccc([C@@H](C[C@@H]2CCC(=O)C2)C(=O)Nc2cnccn2)cc1Cl. The summed E-state index contributed by atoms with van der Waals surface area (Å²) in [6.45, 7) is 0.